The maximum absolute atomic E-state index is 11.7. The smallest absolute Gasteiger partial charge is 0.323 e. The van der Waals surface area contributed by atoms with Gasteiger partial charge in [0.15, 0.2) is 0 Å². The highest BCUT2D eigenvalue weighted by Gasteiger charge is 2.12. The van der Waals surface area contributed by atoms with E-state index in [0.29, 0.717) is 0 Å². The lowest BCUT2D eigenvalue weighted by Crippen LogP contribution is -2.34. The Bertz CT molecular complexity index is 511. The normalized spacial score (nSPS) is 10.2. The number of amides is 1. The molecule has 0 fully saturated rings. The number of rotatable bonds is 5. The zero-order valence-electron chi connectivity index (χ0n) is 9.92. The standard InChI is InChI=1S/C13H13NO3S/c1-3-8-14(9-13(16)17)12(15)7-6-11-5-4-10(2)18-11/h1,4-7H,8-9H2,2H3,(H,16,17). The third kappa shape index (κ3) is 4.44. The van der Waals surface area contributed by atoms with Crippen molar-refractivity contribution in [3.63, 3.8) is 0 Å². The van der Waals surface area contributed by atoms with Crippen molar-refractivity contribution in [2.75, 3.05) is 13.1 Å². The average Bonchev–Trinajstić information content (AvgIpc) is 2.71. The summed E-state index contributed by atoms with van der Waals surface area (Å²) in [6, 6.07) is 3.85. The molecule has 1 aromatic rings. The van der Waals surface area contributed by atoms with Gasteiger partial charge in [0.2, 0.25) is 5.91 Å². The molecule has 0 spiro atoms. The van der Waals surface area contributed by atoms with Gasteiger partial charge in [-0.15, -0.1) is 17.8 Å². The van der Waals surface area contributed by atoms with Gasteiger partial charge in [-0.1, -0.05) is 5.92 Å². The first-order valence-electron chi connectivity index (χ1n) is 5.21. The molecule has 0 radical (unpaired) electrons. The summed E-state index contributed by atoms with van der Waals surface area (Å²) in [7, 11) is 0. The van der Waals surface area contributed by atoms with Crippen molar-refractivity contribution in [2.45, 2.75) is 6.92 Å². The molecule has 0 bridgehead atoms. The largest absolute Gasteiger partial charge is 0.480 e. The summed E-state index contributed by atoms with van der Waals surface area (Å²) in [5, 5.41) is 8.66. The van der Waals surface area contributed by atoms with Gasteiger partial charge in [-0.25, -0.2) is 0 Å². The third-order valence-electron chi connectivity index (χ3n) is 2.07. The van der Waals surface area contributed by atoms with Crippen LogP contribution in [0.1, 0.15) is 9.75 Å². The second-order valence-corrected chi connectivity index (χ2v) is 4.89. The lowest BCUT2D eigenvalue weighted by atomic mass is 10.3. The summed E-state index contributed by atoms with van der Waals surface area (Å²) >= 11 is 1.55. The Morgan fingerprint density at radius 3 is 2.78 bits per heavy atom. The van der Waals surface area contributed by atoms with Crippen molar-refractivity contribution in [3.05, 3.63) is 28.0 Å². The molecule has 94 valence electrons. The molecule has 1 amide bonds. The zero-order chi connectivity index (χ0) is 13.5. The predicted octanol–water partition coefficient (Wildman–Crippen LogP) is 1.62. The van der Waals surface area contributed by atoms with E-state index in [4.69, 9.17) is 11.5 Å². The molecule has 0 aliphatic heterocycles. The van der Waals surface area contributed by atoms with Crippen LogP contribution in [0.4, 0.5) is 0 Å². The first-order valence-corrected chi connectivity index (χ1v) is 6.03. The first-order chi connectivity index (χ1) is 8.52. The highest BCUT2D eigenvalue weighted by Crippen LogP contribution is 2.16. The van der Waals surface area contributed by atoms with Crippen molar-refractivity contribution < 1.29 is 14.7 Å². The molecule has 1 rings (SSSR count). The molecule has 0 aliphatic rings. The molecule has 1 aromatic heterocycles. The first kappa shape index (κ1) is 14.0. The lowest BCUT2D eigenvalue weighted by molar-refractivity contribution is -0.142. The van der Waals surface area contributed by atoms with Crippen LogP contribution in [-0.4, -0.2) is 35.0 Å². The molecule has 1 N–H and O–H groups in total. The average molecular weight is 263 g/mol. The molecule has 0 atom stereocenters. The van der Waals surface area contributed by atoms with E-state index in [2.05, 4.69) is 5.92 Å². The van der Waals surface area contributed by atoms with Gasteiger partial charge in [-0.3, -0.25) is 9.59 Å². The maximum atomic E-state index is 11.7. The number of thiophene rings is 1. The second-order valence-electron chi connectivity index (χ2n) is 3.57. The fraction of sp³-hybridized carbons (Fsp3) is 0.231. The second kappa shape index (κ2) is 6.62. The van der Waals surface area contributed by atoms with Gasteiger partial charge in [0.05, 0.1) is 6.54 Å². The monoisotopic (exact) mass is 263 g/mol. The number of carbonyl (C=O) groups is 2. The fourth-order valence-corrected chi connectivity index (χ4v) is 2.07. The predicted molar refractivity (Wildman–Crippen MR) is 71.1 cm³/mol. The minimum absolute atomic E-state index is 0.0149. The molecule has 1 heterocycles. The Morgan fingerprint density at radius 1 is 1.56 bits per heavy atom. The highest BCUT2D eigenvalue weighted by molar-refractivity contribution is 7.12. The summed E-state index contributed by atoms with van der Waals surface area (Å²) < 4.78 is 0. The number of aliphatic carboxylic acids is 1. The number of hydrogen-bond donors (Lipinski definition) is 1. The van der Waals surface area contributed by atoms with E-state index in [1.54, 1.807) is 17.4 Å². The Morgan fingerprint density at radius 2 is 2.28 bits per heavy atom. The zero-order valence-corrected chi connectivity index (χ0v) is 10.7. The van der Waals surface area contributed by atoms with Crippen LogP contribution in [0.15, 0.2) is 18.2 Å². The summed E-state index contributed by atoms with van der Waals surface area (Å²) in [6.07, 6.45) is 8.09. The van der Waals surface area contributed by atoms with Crippen molar-refractivity contribution >= 4 is 29.3 Å². The van der Waals surface area contributed by atoms with E-state index in [-0.39, 0.29) is 6.54 Å². The summed E-state index contributed by atoms with van der Waals surface area (Å²) in [5.41, 5.74) is 0. The fourth-order valence-electron chi connectivity index (χ4n) is 1.29. The Kier molecular flexibility index (Phi) is 5.15. The molecule has 0 saturated heterocycles. The summed E-state index contributed by atoms with van der Waals surface area (Å²) in [6.45, 7) is 1.56. The van der Waals surface area contributed by atoms with Gasteiger partial charge in [0, 0.05) is 15.8 Å². The van der Waals surface area contributed by atoms with Crippen molar-refractivity contribution in [2.24, 2.45) is 0 Å². The molecule has 5 heteroatoms. The molecule has 0 saturated carbocycles. The molecular formula is C13H13NO3S. The van der Waals surface area contributed by atoms with E-state index >= 15 is 0 Å². The molecule has 4 nitrogen and oxygen atoms in total. The number of hydrogen-bond acceptors (Lipinski definition) is 3. The number of nitrogens with zero attached hydrogens (tertiary/aromatic N) is 1. The van der Waals surface area contributed by atoms with Gasteiger partial charge < -0.3 is 10.0 Å². The SMILES string of the molecule is C#CCN(CC(=O)O)C(=O)C=Cc1ccc(C)s1. The number of carboxylic acids is 1. The van der Waals surface area contributed by atoms with E-state index in [9.17, 15) is 9.59 Å². The minimum atomic E-state index is -1.08. The molecular weight excluding hydrogens is 250 g/mol. The van der Waals surface area contributed by atoms with Crippen LogP contribution in [0.5, 0.6) is 0 Å². The quantitative estimate of drug-likeness (QED) is 0.648. The van der Waals surface area contributed by atoms with Crippen molar-refractivity contribution in [1.82, 2.24) is 4.90 Å². The van der Waals surface area contributed by atoms with Crippen LogP contribution in [0.2, 0.25) is 0 Å². The molecule has 0 unspecified atom stereocenters. The van der Waals surface area contributed by atoms with Crippen LogP contribution in [0.3, 0.4) is 0 Å². The molecule has 0 aliphatic carbocycles. The summed E-state index contributed by atoms with van der Waals surface area (Å²) in [4.78, 5) is 25.5. The third-order valence-corrected chi connectivity index (χ3v) is 3.04. The topological polar surface area (TPSA) is 57.6 Å². The van der Waals surface area contributed by atoms with E-state index in [0.717, 1.165) is 14.7 Å². The summed E-state index contributed by atoms with van der Waals surface area (Å²) in [5.74, 6) is 0.781. The molecule has 18 heavy (non-hydrogen) atoms. The van der Waals surface area contributed by atoms with Crippen molar-refractivity contribution in [1.29, 1.82) is 0 Å². The van der Waals surface area contributed by atoms with Gasteiger partial charge in [0.1, 0.15) is 6.54 Å². The Labute approximate surface area is 110 Å². The Balaban J connectivity index is 2.69. The number of aryl methyl sites for hydroxylation is 1. The minimum Gasteiger partial charge on any atom is -0.480 e. The van der Waals surface area contributed by atoms with Crippen LogP contribution >= 0.6 is 11.3 Å². The van der Waals surface area contributed by atoms with Crippen LogP contribution in [0.25, 0.3) is 6.08 Å². The Hall–Kier alpha value is -2.06. The van der Waals surface area contributed by atoms with E-state index in [1.807, 2.05) is 19.1 Å². The van der Waals surface area contributed by atoms with E-state index in [1.165, 1.54) is 6.08 Å². The molecule has 0 aromatic carbocycles. The van der Waals surface area contributed by atoms with Crippen molar-refractivity contribution in [3.8, 4) is 12.3 Å². The van der Waals surface area contributed by atoms with E-state index < -0.39 is 18.4 Å². The van der Waals surface area contributed by atoms with Gasteiger partial charge in [0.25, 0.3) is 0 Å². The highest BCUT2D eigenvalue weighted by atomic mass is 32.1. The number of carbonyl (C=O) groups excluding carboxylic acids is 1. The number of terminal acetylenes is 1. The maximum Gasteiger partial charge on any atom is 0.323 e. The van der Waals surface area contributed by atoms with Gasteiger partial charge in [-0.2, -0.15) is 0 Å². The van der Waals surface area contributed by atoms with Crippen LogP contribution in [-0.2, 0) is 9.59 Å². The van der Waals surface area contributed by atoms with Gasteiger partial charge in [-0.05, 0) is 25.1 Å². The lowest BCUT2D eigenvalue weighted by Gasteiger charge is -2.15. The van der Waals surface area contributed by atoms with Crippen LogP contribution < -0.4 is 0 Å². The number of carboxylic acid groups (broad SMARTS) is 1. The van der Waals surface area contributed by atoms with Crippen LogP contribution in [0, 0.1) is 19.3 Å². The van der Waals surface area contributed by atoms with Gasteiger partial charge >= 0.3 is 5.97 Å².